The van der Waals surface area contributed by atoms with Crippen LogP contribution in [0.2, 0.25) is 0 Å². The van der Waals surface area contributed by atoms with Gasteiger partial charge in [0.05, 0.1) is 12.6 Å². The number of rotatable bonds is 7. The van der Waals surface area contributed by atoms with Crippen LogP contribution in [0.4, 0.5) is 4.39 Å². The molecule has 2 N–H and O–H groups in total. The Morgan fingerprint density at radius 1 is 1.37 bits per heavy atom. The lowest BCUT2D eigenvalue weighted by atomic mass is 9.97. The first-order valence-electron chi connectivity index (χ1n) is 9.80. The molecule has 3 rings (SSSR count). The van der Waals surface area contributed by atoms with E-state index in [2.05, 4.69) is 15.5 Å². The molecule has 5 nitrogen and oxygen atoms in total. The number of carbonyl (C=O) groups is 1. The number of nitrogens with zero attached hydrogens (tertiary/aromatic N) is 1. The fraction of sp³-hybridized carbons (Fsp3) is 0.650. The van der Waals surface area contributed by atoms with Crippen LogP contribution in [0.25, 0.3) is 0 Å². The lowest BCUT2D eigenvalue weighted by Crippen LogP contribution is -2.45. The maximum atomic E-state index is 14.0. The van der Waals surface area contributed by atoms with Crippen LogP contribution in [0.5, 0.6) is 5.75 Å². The minimum atomic E-state index is -0.297. The van der Waals surface area contributed by atoms with E-state index in [1.807, 2.05) is 13.0 Å². The third-order valence-corrected chi connectivity index (χ3v) is 5.25. The molecule has 2 heterocycles. The average molecular weight is 400 g/mol. The number of piperidine rings is 1. The number of hydrogen-bond donors (Lipinski definition) is 2. The Balaban J connectivity index is 0.00000261. The molecule has 0 radical (unpaired) electrons. The van der Waals surface area contributed by atoms with Crippen molar-refractivity contribution in [1.29, 1.82) is 0 Å². The summed E-state index contributed by atoms with van der Waals surface area (Å²) in [6.45, 7) is 6.67. The van der Waals surface area contributed by atoms with E-state index in [0.29, 0.717) is 18.3 Å². The lowest BCUT2D eigenvalue weighted by molar-refractivity contribution is -0.123. The van der Waals surface area contributed by atoms with Gasteiger partial charge in [-0.1, -0.05) is 6.07 Å². The summed E-state index contributed by atoms with van der Waals surface area (Å²) in [4.78, 5) is 14.5. The Kier molecular flexibility index (Phi) is 8.80. The van der Waals surface area contributed by atoms with E-state index in [1.54, 1.807) is 12.1 Å². The van der Waals surface area contributed by atoms with Crippen LogP contribution in [-0.4, -0.2) is 49.6 Å². The molecule has 152 valence electrons. The van der Waals surface area contributed by atoms with Crippen LogP contribution in [-0.2, 0) is 11.3 Å². The molecule has 7 heteroatoms. The summed E-state index contributed by atoms with van der Waals surface area (Å²) in [7, 11) is 0. The molecule has 2 unspecified atom stereocenters. The highest BCUT2D eigenvalue weighted by molar-refractivity contribution is 5.85. The van der Waals surface area contributed by atoms with E-state index in [0.717, 1.165) is 64.0 Å². The van der Waals surface area contributed by atoms with Gasteiger partial charge < -0.3 is 15.4 Å². The summed E-state index contributed by atoms with van der Waals surface area (Å²) in [5, 5.41) is 6.34. The molecule has 0 bridgehead atoms. The second kappa shape index (κ2) is 10.8. The largest absolute Gasteiger partial charge is 0.491 e. The fourth-order valence-corrected chi connectivity index (χ4v) is 3.91. The molecule has 2 saturated heterocycles. The van der Waals surface area contributed by atoms with Crippen LogP contribution in [0.15, 0.2) is 18.2 Å². The molecule has 0 saturated carbocycles. The minimum Gasteiger partial charge on any atom is -0.491 e. The summed E-state index contributed by atoms with van der Waals surface area (Å²) >= 11 is 0. The molecular formula is C20H31ClFN3O2. The molecule has 2 aliphatic heterocycles. The van der Waals surface area contributed by atoms with Crippen LogP contribution in [0, 0.1) is 11.7 Å². The van der Waals surface area contributed by atoms with Gasteiger partial charge in [0.25, 0.3) is 0 Å². The summed E-state index contributed by atoms with van der Waals surface area (Å²) < 4.78 is 19.3. The molecular weight excluding hydrogens is 369 g/mol. The van der Waals surface area contributed by atoms with Crippen molar-refractivity contribution in [3.05, 3.63) is 29.6 Å². The van der Waals surface area contributed by atoms with Crippen LogP contribution >= 0.6 is 12.4 Å². The second-order valence-corrected chi connectivity index (χ2v) is 7.34. The van der Waals surface area contributed by atoms with Gasteiger partial charge in [-0.3, -0.25) is 9.69 Å². The molecule has 1 aromatic carbocycles. The number of hydrogen-bond acceptors (Lipinski definition) is 4. The highest BCUT2D eigenvalue weighted by atomic mass is 35.5. The van der Waals surface area contributed by atoms with Crippen LogP contribution < -0.4 is 15.4 Å². The molecule has 1 amide bonds. The monoisotopic (exact) mass is 399 g/mol. The first kappa shape index (κ1) is 21.9. The first-order chi connectivity index (χ1) is 12.7. The van der Waals surface area contributed by atoms with Gasteiger partial charge >= 0.3 is 0 Å². The van der Waals surface area contributed by atoms with Crippen LogP contribution in [0.3, 0.4) is 0 Å². The Hall–Kier alpha value is -1.37. The Morgan fingerprint density at radius 3 is 2.93 bits per heavy atom. The van der Waals surface area contributed by atoms with E-state index in [9.17, 15) is 9.18 Å². The van der Waals surface area contributed by atoms with E-state index in [4.69, 9.17) is 4.74 Å². The van der Waals surface area contributed by atoms with Crippen molar-refractivity contribution < 1.29 is 13.9 Å². The molecule has 2 aliphatic rings. The quantitative estimate of drug-likeness (QED) is 0.740. The summed E-state index contributed by atoms with van der Waals surface area (Å²) in [6.07, 6.45) is 4.26. The summed E-state index contributed by atoms with van der Waals surface area (Å²) in [5.41, 5.74) is 0.964. The normalized spacial score (nSPS) is 22.9. The zero-order valence-electron chi connectivity index (χ0n) is 16.0. The second-order valence-electron chi connectivity index (χ2n) is 7.34. The number of benzene rings is 1. The van der Waals surface area contributed by atoms with Crippen molar-refractivity contribution in [2.75, 3.05) is 32.8 Å². The standard InChI is InChI=1S/C20H30FN3O2.ClH/c1-2-26-19-8-7-15(11-17(19)21)13-24-10-4-5-16(14-24)12-23-20(25)18-6-3-9-22-18;/h7-8,11,16,18,22H,2-6,9-10,12-14H2,1H3,(H,23,25);1H. The first-order valence-corrected chi connectivity index (χ1v) is 9.80. The SMILES string of the molecule is CCOc1ccc(CN2CCCC(CNC(=O)C3CCCN3)C2)cc1F.Cl. The maximum Gasteiger partial charge on any atom is 0.237 e. The number of nitrogens with one attached hydrogen (secondary N) is 2. The molecule has 2 fully saturated rings. The molecule has 0 aliphatic carbocycles. The summed E-state index contributed by atoms with van der Waals surface area (Å²) in [5.74, 6) is 0.611. The third-order valence-electron chi connectivity index (χ3n) is 5.25. The fourth-order valence-electron chi connectivity index (χ4n) is 3.91. The lowest BCUT2D eigenvalue weighted by Gasteiger charge is -2.33. The van der Waals surface area contributed by atoms with Crippen molar-refractivity contribution in [2.24, 2.45) is 5.92 Å². The highest BCUT2D eigenvalue weighted by Gasteiger charge is 2.24. The minimum absolute atomic E-state index is 0. The maximum absolute atomic E-state index is 14.0. The van der Waals surface area contributed by atoms with Gasteiger partial charge in [0.1, 0.15) is 0 Å². The Bertz CT molecular complexity index is 611. The number of carbonyl (C=O) groups excluding carboxylic acids is 1. The molecule has 2 atom stereocenters. The Labute approximate surface area is 167 Å². The number of likely N-dealkylation sites (tertiary alicyclic amines) is 1. The van der Waals surface area contributed by atoms with Gasteiger partial charge in [0.2, 0.25) is 5.91 Å². The summed E-state index contributed by atoms with van der Waals surface area (Å²) in [6, 6.07) is 5.21. The Morgan fingerprint density at radius 2 is 2.22 bits per heavy atom. The predicted molar refractivity (Wildman–Crippen MR) is 107 cm³/mol. The molecule has 27 heavy (non-hydrogen) atoms. The number of amides is 1. The predicted octanol–water partition coefficient (Wildman–Crippen LogP) is 2.73. The molecule has 0 aromatic heterocycles. The number of ether oxygens (including phenoxy) is 1. The van der Waals surface area contributed by atoms with E-state index in [1.165, 1.54) is 0 Å². The van der Waals surface area contributed by atoms with Crippen molar-refractivity contribution in [3.8, 4) is 5.75 Å². The van der Waals surface area contributed by atoms with Gasteiger partial charge in [-0.25, -0.2) is 4.39 Å². The van der Waals surface area contributed by atoms with Gasteiger partial charge in [0.15, 0.2) is 11.6 Å². The highest BCUT2D eigenvalue weighted by Crippen LogP contribution is 2.22. The van der Waals surface area contributed by atoms with Crippen molar-refractivity contribution >= 4 is 18.3 Å². The average Bonchev–Trinajstić information content (AvgIpc) is 3.17. The number of halogens is 2. The van der Waals surface area contributed by atoms with Gasteiger partial charge in [0, 0.05) is 19.6 Å². The van der Waals surface area contributed by atoms with E-state index in [-0.39, 0.29) is 30.2 Å². The van der Waals surface area contributed by atoms with Gasteiger partial charge in [-0.15, -0.1) is 12.4 Å². The van der Waals surface area contributed by atoms with Crippen molar-refractivity contribution in [1.82, 2.24) is 15.5 Å². The zero-order valence-corrected chi connectivity index (χ0v) is 16.8. The topological polar surface area (TPSA) is 53.6 Å². The van der Waals surface area contributed by atoms with Gasteiger partial charge in [-0.2, -0.15) is 0 Å². The van der Waals surface area contributed by atoms with E-state index < -0.39 is 0 Å². The smallest absolute Gasteiger partial charge is 0.237 e. The van der Waals surface area contributed by atoms with Crippen molar-refractivity contribution in [2.45, 2.75) is 45.2 Å². The molecule has 1 aromatic rings. The van der Waals surface area contributed by atoms with Gasteiger partial charge in [-0.05, 0) is 69.3 Å². The van der Waals surface area contributed by atoms with E-state index >= 15 is 0 Å². The third kappa shape index (κ3) is 6.33. The van der Waals surface area contributed by atoms with Crippen molar-refractivity contribution in [3.63, 3.8) is 0 Å². The van der Waals surface area contributed by atoms with Crippen LogP contribution in [0.1, 0.15) is 38.2 Å². The molecule has 0 spiro atoms. The zero-order chi connectivity index (χ0) is 18.4.